The van der Waals surface area contributed by atoms with Gasteiger partial charge in [0.05, 0.1) is 12.1 Å². The molecular weight excluding hydrogens is 288 g/mol. The van der Waals surface area contributed by atoms with Crippen molar-refractivity contribution in [3.63, 3.8) is 0 Å². The van der Waals surface area contributed by atoms with E-state index in [1.54, 1.807) is 0 Å². The average Bonchev–Trinajstić information content (AvgIpc) is 2.39. The van der Waals surface area contributed by atoms with Gasteiger partial charge in [-0.2, -0.15) is 0 Å². The van der Waals surface area contributed by atoms with Gasteiger partial charge in [-0.1, -0.05) is 25.4 Å². The second-order valence-electron chi connectivity index (χ2n) is 6.06. The Kier molecular flexibility index (Phi) is 7.29. The van der Waals surface area contributed by atoms with Crippen molar-refractivity contribution in [1.29, 1.82) is 0 Å². The Morgan fingerprint density at radius 3 is 2.43 bits per heavy atom. The average molecular weight is 315 g/mol. The van der Waals surface area contributed by atoms with Gasteiger partial charge in [-0.3, -0.25) is 4.90 Å². The van der Waals surface area contributed by atoms with Crippen molar-refractivity contribution in [1.82, 2.24) is 9.80 Å². The van der Waals surface area contributed by atoms with E-state index in [0.717, 1.165) is 31.7 Å². The van der Waals surface area contributed by atoms with Gasteiger partial charge in [0.1, 0.15) is 0 Å². The topological polar surface area (TPSA) is 35.9 Å². The number of phenols is 1. The molecule has 0 fully saturated rings. The number of halogens is 1. The van der Waals surface area contributed by atoms with Crippen molar-refractivity contribution in [2.24, 2.45) is 5.92 Å². The largest absolute Gasteiger partial charge is 0.503 e. The number of ether oxygens (including phenoxy) is 1. The van der Waals surface area contributed by atoms with E-state index < -0.39 is 0 Å². The Hall–Kier alpha value is -0.970. The molecular formula is C16H27ClN2O2. The first kappa shape index (κ1) is 18.1. The first-order valence-electron chi connectivity index (χ1n) is 7.26. The van der Waals surface area contributed by atoms with Gasteiger partial charge in [0, 0.05) is 26.2 Å². The maximum atomic E-state index is 9.80. The molecule has 1 aromatic rings. The Morgan fingerprint density at radius 1 is 1.24 bits per heavy atom. The molecule has 0 heterocycles. The van der Waals surface area contributed by atoms with E-state index in [0.29, 0.717) is 16.7 Å². The summed E-state index contributed by atoms with van der Waals surface area (Å²) in [6.45, 7) is 8.25. The van der Waals surface area contributed by atoms with E-state index >= 15 is 0 Å². The molecule has 0 aromatic heterocycles. The number of nitrogens with zero attached hydrogens (tertiary/aromatic N) is 2. The maximum Gasteiger partial charge on any atom is 0.176 e. The zero-order valence-electron chi connectivity index (χ0n) is 13.7. The van der Waals surface area contributed by atoms with Crippen LogP contribution in [0.3, 0.4) is 0 Å². The van der Waals surface area contributed by atoms with E-state index in [1.807, 2.05) is 12.1 Å². The summed E-state index contributed by atoms with van der Waals surface area (Å²) in [6.07, 6.45) is 0. The lowest BCUT2D eigenvalue weighted by atomic mass is 10.1. The zero-order chi connectivity index (χ0) is 16.0. The van der Waals surface area contributed by atoms with E-state index in [1.165, 1.54) is 7.11 Å². The van der Waals surface area contributed by atoms with Gasteiger partial charge in [0.25, 0.3) is 0 Å². The number of hydrogen-bond donors (Lipinski definition) is 1. The van der Waals surface area contributed by atoms with Crippen LogP contribution in [-0.2, 0) is 6.54 Å². The second-order valence-corrected chi connectivity index (χ2v) is 6.47. The third-order valence-electron chi connectivity index (χ3n) is 3.20. The molecule has 0 aliphatic heterocycles. The van der Waals surface area contributed by atoms with Crippen molar-refractivity contribution in [3.8, 4) is 11.5 Å². The number of likely N-dealkylation sites (N-methyl/N-ethyl adjacent to an activating group) is 1. The lowest BCUT2D eigenvalue weighted by molar-refractivity contribution is 0.211. The van der Waals surface area contributed by atoms with Crippen molar-refractivity contribution in [2.75, 3.05) is 40.8 Å². The highest BCUT2D eigenvalue weighted by atomic mass is 35.5. The molecule has 21 heavy (non-hydrogen) atoms. The van der Waals surface area contributed by atoms with Crippen molar-refractivity contribution >= 4 is 11.6 Å². The number of benzene rings is 1. The fraction of sp³-hybridized carbons (Fsp3) is 0.625. The fourth-order valence-electron chi connectivity index (χ4n) is 2.23. The Bertz CT molecular complexity index is 450. The van der Waals surface area contributed by atoms with Crippen LogP contribution in [0.25, 0.3) is 0 Å². The molecule has 5 heteroatoms. The summed E-state index contributed by atoms with van der Waals surface area (Å²) in [5.41, 5.74) is 1.05. The number of rotatable bonds is 8. The summed E-state index contributed by atoms with van der Waals surface area (Å²) in [7, 11) is 5.69. The van der Waals surface area contributed by atoms with Gasteiger partial charge in [-0.25, -0.2) is 0 Å². The summed E-state index contributed by atoms with van der Waals surface area (Å²) >= 11 is 6.06. The highest BCUT2D eigenvalue weighted by molar-refractivity contribution is 6.32. The third kappa shape index (κ3) is 6.12. The van der Waals surface area contributed by atoms with E-state index in [2.05, 4.69) is 37.7 Å². The summed E-state index contributed by atoms with van der Waals surface area (Å²) < 4.78 is 5.17. The van der Waals surface area contributed by atoms with E-state index in [-0.39, 0.29) is 5.75 Å². The highest BCUT2D eigenvalue weighted by Crippen LogP contribution is 2.35. The van der Waals surface area contributed by atoms with Gasteiger partial charge < -0.3 is 14.7 Å². The van der Waals surface area contributed by atoms with Gasteiger partial charge in [0.2, 0.25) is 0 Å². The molecule has 0 aliphatic carbocycles. The molecule has 4 nitrogen and oxygen atoms in total. The maximum absolute atomic E-state index is 9.80. The lowest BCUT2D eigenvalue weighted by Crippen LogP contribution is -2.34. The molecule has 0 amide bonds. The Balaban J connectivity index is 2.84. The standard InChI is InChI=1S/C16H27ClN2O2/c1-12(2)10-19(7-6-18(3)4)11-13-8-14(17)16(20)15(9-13)21-5/h8-9,12,20H,6-7,10-11H2,1-5H3. The second kappa shape index (κ2) is 8.47. The molecule has 0 atom stereocenters. The van der Waals surface area contributed by atoms with Crippen LogP contribution < -0.4 is 4.74 Å². The molecule has 1 rings (SSSR count). The summed E-state index contributed by atoms with van der Waals surface area (Å²) in [5, 5.41) is 10.1. The zero-order valence-corrected chi connectivity index (χ0v) is 14.4. The van der Waals surface area contributed by atoms with Gasteiger partial charge >= 0.3 is 0 Å². The van der Waals surface area contributed by atoms with Crippen molar-refractivity contribution < 1.29 is 9.84 Å². The van der Waals surface area contributed by atoms with Crippen LogP contribution >= 0.6 is 11.6 Å². The van der Waals surface area contributed by atoms with Crippen molar-refractivity contribution in [3.05, 3.63) is 22.7 Å². The smallest absolute Gasteiger partial charge is 0.176 e. The molecule has 1 N–H and O–H groups in total. The lowest BCUT2D eigenvalue weighted by Gasteiger charge is -2.26. The normalized spacial score (nSPS) is 11.7. The Labute approximate surface area is 133 Å². The number of hydrogen-bond acceptors (Lipinski definition) is 4. The van der Waals surface area contributed by atoms with E-state index in [4.69, 9.17) is 16.3 Å². The molecule has 0 spiro atoms. The van der Waals surface area contributed by atoms with Crippen molar-refractivity contribution in [2.45, 2.75) is 20.4 Å². The van der Waals surface area contributed by atoms with E-state index in [9.17, 15) is 5.11 Å². The molecule has 120 valence electrons. The summed E-state index contributed by atoms with van der Waals surface area (Å²) in [4.78, 5) is 4.57. The number of methoxy groups -OCH3 is 1. The fourth-order valence-corrected chi connectivity index (χ4v) is 2.46. The minimum Gasteiger partial charge on any atom is -0.503 e. The molecule has 1 aromatic carbocycles. The van der Waals surface area contributed by atoms with Crippen LogP contribution in [0.15, 0.2) is 12.1 Å². The highest BCUT2D eigenvalue weighted by Gasteiger charge is 2.13. The minimum absolute atomic E-state index is 0.00613. The predicted molar refractivity (Wildman–Crippen MR) is 88.3 cm³/mol. The molecule has 0 bridgehead atoms. The van der Waals surface area contributed by atoms with Crippen LogP contribution in [0.5, 0.6) is 11.5 Å². The molecule has 0 saturated carbocycles. The minimum atomic E-state index is 0.00613. The van der Waals surface area contributed by atoms with Crippen LogP contribution in [0.4, 0.5) is 0 Å². The summed E-state index contributed by atoms with van der Waals surface area (Å²) in [6, 6.07) is 3.66. The third-order valence-corrected chi connectivity index (χ3v) is 3.49. The monoisotopic (exact) mass is 314 g/mol. The van der Waals surface area contributed by atoms with Crippen LogP contribution in [0.1, 0.15) is 19.4 Å². The summed E-state index contributed by atoms with van der Waals surface area (Å²) in [5.74, 6) is 1.03. The molecule has 0 saturated heterocycles. The number of phenolic OH excluding ortho intramolecular Hbond substituents is 1. The van der Waals surface area contributed by atoms with Gasteiger partial charge in [-0.15, -0.1) is 0 Å². The van der Waals surface area contributed by atoms with Crippen LogP contribution in [-0.4, -0.2) is 55.7 Å². The van der Waals surface area contributed by atoms with Crippen LogP contribution in [0, 0.1) is 5.92 Å². The SMILES string of the molecule is COc1cc(CN(CCN(C)C)CC(C)C)cc(Cl)c1O. The first-order chi connectivity index (χ1) is 9.83. The molecule has 0 radical (unpaired) electrons. The predicted octanol–water partition coefficient (Wildman–Crippen LogP) is 3.07. The van der Waals surface area contributed by atoms with Gasteiger partial charge in [0.15, 0.2) is 11.5 Å². The molecule has 0 unspecified atom stereocenters. The molecule has 0 aliphatic rings. The first-order valence-corrected chi connectivity index (χ1v) is 7.63. The van der Waals surface area contributed by atoms with Crippen LogP contribution in [0.2, 0.25) is 5.02 Å². The number of aromatic hydroxyl groups is 1. The Morgan fingerprint density at radius 2 is 1.90 bits per heavy atom. The quantitative estimate of drug-likeness (QED) is 0.800. The van der Waals surface area contributed by atoms with Gasteiger partial charge in [-0.05, 0) is 37.7 Å².